The van der Waals surface area contributed by atoms with Crippen LogP contribution in [0.25, 0.3) is 0 Å². The second-order valence-electron chi connectivity index (χ2n) is 4.59. The first-order valence-electron chi connectivity index (χ1n) is 4.65. The Morgan fingerprint density at radius 1 is 1.29 bits per heavy atom. The number of benzene rings is 1. The number of hydrogen-bond donors (Lipinski definition) is 1. The lowest BCUT2D eigenvalue weighted by molar-refractivity contribution is 0.112. The van der Waals surface area contributed by atoms with E-state index in [2.05, 4.69) is 0 Å². The van der Waals surface area contributed by atoms with Crippen molar-refractivity contribution < 1.29 is 9.90 Å². The number of aryl methyl sites for hydroxylation is 1. The van der Waals surface area contributed by atoms with Gasteiger partial charge >= 0.3 is 0 Å². The van der Waals surface area contributed by atoms with Crippen LogP contribution < -0.4 is 0 Å². The van der Waals surface area contributed by atoms with E-state index in [-0.39, 0.29) is 11.2 Å². The van der Waals surface area contributed by atoms with Crippen molar-refractivity contribution >= 4 is 6.29 Å². The number of carbonyl (C=O) groups is 1. The number of phenolic OH excluding ortho intramolecular Hbond substituents is 1. The minimum Gasteiger partial charge on any atom is -0.508 e. The molecule has 1 N–H and O–H groups in total. The fourth-order valence-corrected chi connectivity index (χ4v) is 1.44. The lowest BCUT2D eigenvalue weighted by atomic mass is 9.84. The van der Waals surface area contributed by atoms with E-state index in [0.717, 1.165) is 17.4 Å². The van der Waals surface area contributed by atoms with E-state index in [4.69, 9.17) is 0 Å². The number of hydrogen-bond acceptors (Lipinski definition) is 2. The fourth-order valence-electron chi connectivity index (χ4n) is 1.44. The number of carbonyl (C=O) groups excluding carboxylic acids is 1. The summed E-state index contributed by atoms with van der Waals surface area (Å²) in [7, 11) is 0. The van der Waals surface area contributed by atoms with Gasteiger partial charge in [-0.05, 0) is 35.6 Å². The molecule has 0 aliphatic rings. The first kappa shape index (κ1) is 10.8. The molecule has 2 heteroatoms. The molecule has 1 aromatic carbocycles. The second-order valence-corrected chi connectivity index (χ2v) is 4.59. The Morgan fingerprint density at radius 2 is 1.86 bits per heavy atom. The van der Waals surface area contributed by atoms with Crippen molar-refractivity contribution in [1.29, 1.82) is 0 Å². The average Bonchev–Trinajstić information content (AvgIpc) is 2.02. The van der Waals surface area contributed by atoms with Crippen LogP contribution in [0.4, 0.5) is 0 Å². The molecule has 0 fully saturated rings. The third kappa shape index (κ3) is 1.95. The summed E-state index contributed by atoms with van der Waals surface area (Å²) >= 11 is 0. The van der Waals surface area contributed by atoms with Gasteiger partial charge < -0.3 is 5.11 Å². The van der Waals surface area contributed by atoms with E-state index in [1.165, 1.54) is 0 Å². The molecule has 0 saturated heterocycles. The van der Waals surface area contributed by atoms with Crippen LogP contribution in [0.2, 0.25) is 0 Å². The molecule has 1 aromatic rings. The monoisotopic (exact) mass is 192 g/mol. The van der Waals surface area contributed by atoms with Gasteiger partial charge in [0.15, 0.2) is 0 Å². The van der Waals surface area contributed by atoms with Crippen LogP contribution in [0.1, 0.15) is 42.3 Å². The molecule has 0 heterocycles. The van der Waals surface area contributed by atoms with E-state index < -0.39 is 0 Å². The normalized spacial score (nSPS) is 11.4. The third-order valence-electron chi connectivity index (χ3n) is 2.32. The molecule has 76 valence electrons. The quantitative estimate of drug-likeness (QED) is 0.695. The predicted molar refractivity (Wildman–Crippen MR) is 56.9 cm³/mol. The van der Waals surface area contributed by atoms with Crippen LogP contribution in [0.3, 0.4) is 0 Å². The lowest BCUT2D eigenvalue weighted by Crippen LogP contribution is -2.12. The first-order chi connectivity index (χ1) is 6.36. The minimum absolute atomic E-state index is 0.143. The Bertz CT molecular complexity index is 359. The SMILES string of the molecule is Cc1cc(O)c(C(C)(C)C)cc1C=O. The van der Waals surface area contributed by atoms with Crippen LogP contribution in [-0.4, -0.2) is 11.4 Å². The van der Waals surface area contributed by atoms with Gasteiger partial charge in [-0.2, -0.15) is 0 Å². The summed E-state index contributed by atoms with van der Waals surface area (Å²) in [6.45, 7) is 7.83. The number of aromatic hydroxyl groups is 1. The third-order valence-corrected chi connectivity index (χ3v) is 2.32. The van der Waals surface area contributed by atoms with Gasteiger partial charge in [0.05, 0.1) is 0 Å². The smallest absolute Gasteiger partial charge is 0.150 e. The summed E-state index contributed by atoms with van der Waals surface area (Å²) < 4.78 is 0. The van der Waals surface area contributed by atoms with Crippen LogP contribution in [0, 0.1) is 6.92 Å². The molecule has 0 aliphatic carbocycles. The molecule has 0 saturated carbocycles. The molecule has 0 radical (unpaired) electrons. The summed E-state index contributed by atoms with van der Waals surface area (Å²) in [6, 6.07) is 3.40. The van der Waals surface area contributed by atoms with Crippen molar-refractivity contribution in [2.24, 2.45) is 0 Å². The molecule has 0 aliphatic heterocycles. The highest BCUT2D eigenvalue weighted by Crippen LogP contribution is 2.32. The Balaban J connectivity index is 3.39. The molecule has 0 bridgehead atoms. The number of phenols is 1. The average molecular weight is 192 g/mol. The van der Waals surface area contributed by atoms with Crippen molar-refractivity contribution in [3.05, 3.63) is 28.8 Å². The molecule has 14 heavy (non-hydrogen) atoms. The van der Waals surface area contributed by atoms with Crippen molar-refractivity contribution in [1.82, 2.24) is 0 Å². The van der Waals surface area contributed by atoms with E-state index in [9.17, 15) is 9.90 Å². The topological polar surface area (TPSA) is 37.3 Å². The highest BCUT2D eigenvalue weighted by Gasteiger charge is 2.19. The van der Waals surface area contributed by atoms with Crippen molar-refractivity contribution in [2.45, 2.75) is 33.1 Å². The van der Waals surface area contributed by atoms with Gasteiger partial charge in [0, 0.05) is 5.56 Å². The van der Waals surface area contributed by atoms with Gasteiger partial charge in [0.25, 0.3) is 0 Å². The molecule has 0 amide bonds. The van der Waals surface area contributed by atoms with Gasteiger partial charge in [-0.15, -0.1) is 0 Å². The van der Waals surface area contributed by atoms with Crippen LogP contribution in [0.15, 0.2) is 12.1 Å². The van der Waals surface area contributed by atoms with Gasteiger partial charge in [0.1, 0.15) is 12.0 Å². The zero-order valence-electron chi connectivity index (χ0n) is 9.09. The molecule has 1 rings (SSSR count). The van der Waals surface area contributed by atoms with Crippen LogP contribution in [0.5, 0.6) is 5.75 Å². The Kier molecular flexibility index (Phi) is 2.65. The predicted octanol–water partition coefficient (Wildman–Crippen LogP) is 2.81. The standard InChI is InChI=1S/C12H16O2/c1-8-5-11(14)10(12(2,3)4)6-9(8)7-13/h5-7,14H,1-4H3. The second kappa shape index (κ2) is 3.45. The van der Waals surface area contributed by atoms with Crippen LogP contribution in [-0.2, 0) is 5.41 Å². The molecule has 0 aromatic heterocycles. The summed E-state index contributed by atoms with van der Waals surface area (Å²) in [6.07, 6.45) is 0.823. The Morgan fingerprint density at radius 3 is 2.29 bits per heavy atom. The number of rotatable bonds is 1. The fraction of sp³-hybridized carbons (Fsp3) is 0.417. The van der Waals surface area contributed by atoms with Gasteiger partial charge in [0.2, 0.25) is 0 Å². The summed E-state index contributed by atoms with van der Waals surface area (Å²) in [4.78, 5) is 10.7. The minimum atomic E-state index is -0.143. The summed E-state index contributed by atoms with van der Waals surface area (Å²) in [5.41, 5.74) is 2.12. The maximum atomic E-state index is 10.7. The molecule has 2 nitrogen and oxygen atoms in total. The van der Waals surface area contributed by atoms with Gasteiger partial charge in [-0.1, -0.05) is 20.8 Å². The van der Waals surface area contributed by atoms with Gasteiger partial charge in [-0.3, -0.25) is 4.79 Å². The highest BCUT2D eigenvalue weighted by atomic mass is 16.3. The molecular weight excluding hydrogens is 176 g/mol. The first-order valence-corrected chi connectivity index (χ1v) is 4.65. The Hall–Kier alpha value is -1.31. The van der Waals surface area contributed by atoms with Crippen molar-refractivity contribution in [2.75, 3.05) is 0 Å². The summed E-state index contributed by atoms with van der Waals surface area (Å²) in [5.74, 6) is 0.264. The van der Waals surface area contributed by atoms with Gasteiger partial charge in [-0.25, -0.2) is 0 Å². The van der Waals surface area contributed by atoms with E-state index in [1.807, 2.05) is 27.7 Å². The summed E-state index contributed by atoms with van der Waals surface area (Å²) in [5, 5.41) is 9.73. The molecule has 0 spiro atoms. The van der Waals surface area contributed by atoms with Crippen LogP contribution >= 0.6 is 0 Å². The Labute approximate surface area is 84.6 Å². The zero-order valence-corrected chi connectivity index (χ0v) is 9.09. The molecule has 0 unspecified atom stereocenters. The maximum Gasteiger partial charge on any atom is 0.150 e. The van der Waals surface area contributed by atoms with Crippen molar-refractivity contribution in [3.63, 3.8) is 0 Å². The highest BCUT2D eigenvalue weighted by molar-refractivity contribution is 5.78. The van der Waals surface area contributed by atoms with E-state index in [0.29, 0.717) is 5.56 Å². The zero-order chi connectivity index (χ0) is 10.9. The van der Waals surface area contributed by atoms with E-state index in [1.54, 1.807) is 12.1 Å². The number of aldehydes is 1. The lowest BCUT2D eigenvalue weighted by Gasteiger charge is -2.21. The maximum absolute atomic E-state index is 10.7. The largest absolute Gasteiger partial charge is 0.508 e. The molecular formula is C12H16O2. The van der Waals surface area contributed by atoms with E-state index >= 15 is 0 Å². The molecule has 0 atom stereocenters. The van der Waals surface area contributed by atoms with Crippen molar-refractivity contribution in [3.8, 4) is 5.75 Å².